The van der Waals surface area contributed by atoms with Crippen LogP contribution in [0.1, 0.15) is 37.6 Å². The molecule has 2 aromatic carbocycles. The fourth-order valence-electron chi connectivity index (χ4n) is 2.25. The SMILES string of the molecule is COc1ccc(-c2ccc(C(=O)NCCC(C)(C)C)cc2)cc1. The van der Waals surface area contributed by atoms with Crippen molar-refractivity contribution in [3.8, 4) is 16.9 Å². The highest BCUT2D eigenvalue weighted by Gasteiger charge is 2.11. The summed E-state index contributed by atoms with van der Waals surface area (Å²) in [6.07, 6.45) is 0.961. The lowest BCUT2D eigenvalue weighted by Crippen LogP contribution is -2.27. The summed E-state index contributed by atoms with van der Waals surface area (Å²) in [4.78, 5) is 12.1. The second-order valence-electron chi connectivity index (χ2n) is 6.87. The summed E-state index contributed by atoms with van der Waals surface area (Å²) < 4.78 is 5.16. The zero-order valence-corrected chi connectivity index (χ0v) is 14.3. The molecule has 2 rings (SSSR count). The molecule has 0 saturated carbocycles. The normalized spacial score (nSPS) is 11.1. The van der Waals surface area contributed by atoms with Gasteiger partial charge in [0.25, 0.3) is 5.91 Å². The van der Waals surface area contributed by atoms with Gasteiger partial charge in [0.05, 0.1) is 7.11 Å². The van der Waals surface area contributed by atoms with Gasteiger partial charge in [0.15, 0.2) is 0 Å². The van der Waals surface area contributed by atoms with Crippen molar-refractivity contribution in [2.75, 3.05) is 13.7 Å². The maximum atomic E-state index is 12.1. The zero-order chi connectivity index (χ0) is 16.9. The summed E-state index contributed by atoms with van der Waals surface area (Å²) in [6.45, 7) is 7.21. The van der Waals surface area contributed by atoms with Gasteiger partial charge < -0.3 is 10.1 Å². The van der Waals surface area contributed by atoms with E-state index in [-0.39, 0.29) is 11.3 Å². The highest BCUT2D eigenvalue weighted by atomic mass is 16.5. The van der Waals surface area contributed by atoms with Crippen molar-refractivity contribution in [3.63, 3.8) is 0 Å². The number of hydrogen-bond acceptors (Lipinski definition) is 2. The quantitative estimate of drug-likeness (QED) is 0.881. The molecule has 122 valence electrons. The van der Waals surface area contributed by atoms with Crippen LogP contribution in [0.3, 0.4) is 0 Å². The third-order valence-corrected chi connectivity index (χ3v) is 3.73. The average Bonchev–Trinajstić information content (AvgIpc) is 2.54. The maximum Gasteiger partial charge on any atom is 0.251 e. The van der Waals surface area contributed by atoms with Crippen molar-refractivity contribution in [1.29, 1.82) is 0 Å². The number of ether oxygens (including phenoxy) is 1. The van der Waals surface area contributed by atoms with E-state index >= 15 is 0 Å². The third-order valence-electron chi connectivity index (χ3n) is 3.73. The van der Waals surface area contributed by atoms with Crippen molar-refractivity contribution < 1.29 is 9.53 Å². The number of carbonyl (C=O) groups is 1. The first kappa shape index (κ1) is 17.1. The summed E-state index contributed by atoms with van der Waals surface area (Å²) >= 11 is 0. The van der Waals surface area contributed by atoms with E-state index in [1.54, 1.807) is 7.11 Å². The van der Waals surface area contributed by atoms with E-state index in [1.807, 2.05) is 48.5 Å². The number of methoxy groups -OCH3 is 1. The molecule has 3 heteroatoms. The van der Waals surface area contributed by atoms with Crippen LogP contribution in [0.15, 0.2) is 48.5 Å². The first-order chi connectivity index (χ1) is 10.9. The van der Waals surface area contributed by atoms with Crippen LogP contribution in [0.5, 0.6) is 5.75 Å². The number of hydrogen-bond donors (Lipinski definition) is 1. The molecule has 0 heterocycles. The number of benzene rings is 2. The van der Waals surface area contributed by atoms with Crippen molar-refractivity contribution in [1.82, 2.24) is 5.32 Å². The van der Waals surface area contributed by atoms with Gasteiger partial charge in [-0.05, 0) is 47.2 Å². The molecule has 0 spiro atoms. The fraction of sp³-hybridized carbons (Fsp3) is 0.350. The Balaban J connectivity index is 1.99. The van der Waals surface area contributed by atoms with Gasteiger partial charge in [0.1, 0.15) is 5.75 Å². The summed E-state index contributed by atoms with van der Waals surface area (Å²) in [6, 6.07) is 15.6. The molecule has 2 aromatic rings. The van der Waals surface area contributed by atoms with Crippen molar-refractivity contribution in [2.24, 2.45) is 5.41 Å². The molecule has 0 aliphatic rings. The van der Waals surface area contributed by atoms with Gasteiger partial charge in [0.2, 0.25) is 0 Å². The fourth-order valence-corrected chi connectivity index (χ4v) is 2.25. The first-order valence-electron chi connectivity index (χ1n) is 7.92. The lowest BCUT2D eigenvalue weighted by Gasteiger charge is -2.18. The Morgan fingerprint density at radius 1 is 0.957 bits per heavy atom. The van der Waals surface area contributed by atoms with Crippen molar-refractivity contribution in [3.05, 3.63) is 54.1 Å². The molecule has 3 nitrogen and oxygen atoms in total. The van der Waals surface area contributed by atoms with Gasteiger partial charge in [-0.25, -0.2) is 0 Å². The van der Waals surface area contributed by atoms with Crippen LogP contribution in [0, 0.1) is 5.41 Å². The van der Waals surface area contributed by atoms with E-state index in [9.17, 15) is 4.79 Å². The molecule has 0 saturated heterocycles. The Kier molecular flexibility index (Phi) is 5.43. The number of nitrogens with one attached hydrogen (secondary N) is 1. The topological polar surface area (TPSA) is 38.3 Å². The number of rotatable bonds is 5. The molecular weight excluding hydrogens is 286 g/mol. The summed E-state index contributed by atoms with van der Waals surface area (Å²) in [7, 11) is 1.65. The monoisotopic (exact) mass is 311 g/mol. The molecule has 0 fully saturated rings. The zero-order valence-electron chi connectivity index (χ0n) is 14.3. The van der Waals surface area contributed by atoms with Gasteiger partial charge in [-0.3, -0.25) is 4.79 Å². The molecule has 0 bridgehead atoms. The molecule has 0 radical (unpaired) electrons. The van der Waals surface area contributed by atoms with Gasteiger partial charge in [0, 0.05) is 12.1 Å². The first-order valence-corrected chi connectivity index (χ1v) is 7.92. The van der Waals surface area contributed by atoms with Crippen molar-refractivity contribution in [2.45, 2.75) is 27.2 Å². The van der Waals surface area contributed by atoms with Gasteiger partial charge >= 0.3 is 0 Å². The Labute approximate surface area is 138 Å². The largest absolute Gasteiger partial charge is 0.497 e. The second kappa shape index (κ2) is 7.32. The van der Waals surface area contributed by atoms with Crippen LogP contribution in [0.2, 0.25) is 0 Å². The van der Waals surface area contributed by atoms with E-state index in [2.05, 4.69) is 26.1 Å². The standard InChI is InChI=1S/C20H25NO2/c1-20(2,3)13-14-21-19(22)17-7-5-15(6-8-17)16-9-11-18(23-4)12-10-16/h5-12H,13-14H2,1-4H3,(H,21,22). The van der Waals surface area contributed by atoms with Crippen molar-refractivity contribution >= 4 is 5.91 Å². The predicted octanol–water partition coefficient (Wildman–Crippen LogP) is 4.53. The summed E-state index contributed by atoms with van der Waals surface area (Å²) in [5, 5.41) is 2.97. The van der Waals surface area contributed by atoms with Crippen LogP contribution >= 0.6 is 0 Å². The smallest absolute Gasteiger partial charge is 0.251 e. The molecular formula is C20H25NO2. The molecule has 1 N–H and O–H groups in total. The second-order valence-corrected chi connectivity index (χ2v) is 6.87. The molecule has 0 aliphatic carbocycles. The van der Waals surface area contributed by atoms with Gasteiger partial charge in [-0.2, -0.15) is 0 Å². The lowest BCUT2D eigenvalue weighted by atomic mass is 9.92. The molecule has 1 amide bonds. The number of amides is 1. The van der Waals surface area contributed by atoms with Crippen LogP contribution in [-0.2, 0) is 0 Å². The minimum atomic E-state index is -0.0180. The van der Waals surface area contributed by atoms with Gasteiger partial charge in [-0.1, -0.05) is 45.0 Å². The van der Waals surface area contributed by atoms with E-state index in [4.69, 9.17) is 4.74 Å². The Morgan fingerprint density at radius 2 is 1.48 bits per heavy atom. The predicted molar refractivity (Wildman–Crippen MR) is 94.8 cm³/mol. The minimum absolute atomic E-state index is 0.0180. The minimum Gasteiger partial charge on any atom is -0.497 e. The number of carbonyl (C=O) groups excluding carboxylic acids is 1. The van der Waals surface area contributed by atoms with Crippen LogP contribution in [0.25, 0.3) is 11.1 Å². The van der Waals surface area contributed by atoms with Gasteiger partial charge in [-0.15, -0.1) is 0 Å². The maximum absolute atomic E-state index is 12.1. The van der Waals surface area contributed by atoms with E-state index in [1.165, 1.54) is 0 Å². The molecule has 0 atom stereocenters. The van der Waals surface area contributed by atoms with Crippen LogP contribution < -0.4 is 10.1 Å². The Hall–Kier alpha value is -2.29. The van der Waals surface area contributed by atoms with Crippen LogP contribution in [0.4, 0.5) is 0 Å². The summed E-state index contributed by atoms with van der Waals surface area (Å²) in [5.74, 6) is 0.819. The average molecular weight is 311 g/mol. The summed E-state index contributed by atoms with van der Waals surface area (Å²) in [5.41, 5.74) is 3.10. The molecule has 23 heavy (non-hydrogen) atoms. The van der Waals surface area contributed by atoms with E-state index in [0.29, 0.717) is 12.1 Å². The third kappa shape index (κ3) is 5.13. The van der Waals surface area contributed by atoms with Crippen LogP contribution in [-0.4, -0.2) is 19.6 Å². The molecule has 0 unspecified atom stereocenters. The lowest BCUT2D eigenvalue weighted by molar-refractivity contribution is 0.0949. The molecule has 0 aromatic heterocycles. The van der Waals surface area contributed by atoms with E-state index in [0.717, 1.165) is 23.3 Å². The Bertz CT molecular complexity index is 637. The highest BCUT2D eigenvalue weighted by Crippen LogP contribution is 2.22. The Morgan fingerprint density at radius 3 is 1.96 bits per heavy atom. The molecule has 0 aliphatic heterocycles. The highest BCUT2D eigenvalue weighted by molar-refractivity contribution is 5.94. The van der Waals surface area contributed by atoms with E-state index < -0.39 is 0 Å².